The Morgan fingerprint density at radius 3 is 2.62 bits per heavy atom. The van der Waals surface area contributed by atoms with Crippen molar-refractivity contribution < 1.29 is 22.4 Å². The lowest BCUT2D eigenvalue weighted by molar-refractivity contribution is -0.137. The Bertz CT molecular complexity index is 1200. The molecule has 9 heteroatoms. The zero-order valence-corrected chi connectivity index (χ0v) is 14.6. The van der Waals surface area contributed by atoms with Crippen LogP contribution in [0.15, 0.2) is 60.9 Å². The first kappa shape index (κ1) is 18.6. The zero-order chi connectivity index (χ0) is 20.6. The number of imidazole rings is 1. The number of pyridine rings is 1. The summed E-state index contributed by atoms with van der Waals surface area (Å²) in [5, 5.41) is 2.65. The van der Waals surface area contributed by atoms with E-state index in [9.17, 15) is 22.4 Å². The topological polar surface area (TPSA) is 70.7 Å². The normalized spacial score (nSPS) is 11.6. The van der Waals surface area contributed by atoms with E-state index in [1.54, 1.807) is 30.5 Å². The smallest absolute Gasteiger partial charge is 0.338 e. The fourth-order valence-electron chi connectivity index (χ4n) is 2.94. The van der Waals surface area contributed by atoms with Crippen molar-refractivity contribution in [2.24, 2.45) is 0 Å². The molecule has 0 spiro atoms. The first-order chi connectivity index (χ1) is 13.8. The summed E-state index contributed by atoms with van der Waals surface area (Å²) >= 11 is 0. The van der Waals surface area contributed by atoms with Crippen molar-refractivity contribution in [3.63, 3.8) is 0 Å². The molecular weight excluding hydrogens is 388 g/mol. The van der Waals surface area contributed by atoms with Gasteiger partial charge in [-0.05, 0) is 42.5 Å². The van der Waals surface area contributed by atoms with Crippen molar-refractivity contribution in [3.05, 3.63) is 77.9 Å². The maximum Gasteiger partial charge on any atom is 0.417 e. The molecule has 0 atom stereocenters. The number of fused-ring (bicyclic) bond motifs is 1. The summed E-state index contributed by atoms with van der Waals surface area (Å²) in [4.78, 5) is 23.4. The fourth-order valence-corrected chi connectivity index (χ4v) is 2.94. The lowest BCUT2D eigenvalue weighted by atomic mass is 10.1. The molecule has 0 unspecified atom stereocenters. The SMILES string of the molecule is O=C(Nc1cccnc1)c1cccc2[nH]c(-c3cc(F)ccc3C(F)(F)F)nc12. The second-order valence-electron chi connectivity index (χ2n) is 6.17. The van der Waals surface area contributed by atoms with E-state index < -0.39 is 29.0 Å². The summed E-state index contributed by atoms with van der Waals surface area (Å²) in [6.07, 6.45) is -1.69. The average Bonchev–Trinajstić information content (AvgIpc) is 3.12. The van der Waals surface area contributed by atoms with Crippen molar-refractivity contribution >= 4 is 22.6 Å². The van der Waals surface area contributed by atoms with Crippen LogP contribution >= 0.6 is 0 Å². The minimum atomic E-state index is -4.69. The van der Waals surface area contributed by atoms with Crippen LogP contribution in [0.25, 0.3) is 22.4 Å². The first-order valence-corrected chi connectivity index (χ1v) is 8.40. The molecule has 4 aromatic rings. The Morgan fingerprint density at radius 2 is 1.90 bits per heavy atom. The molecule has 0 aliphatic heterocycles. The number of benzene rings is 2. The molecule has 4 rings (SSSR count). The van der Waals surface area contributed by atoms with Gasteiger partial charge in [0.2, 0.25) is 0 Å². The number of carbonyl (C=O) groups excluding carboxylic acids is 1. The molecule has 0 bridgehead atoms. The molecular formula is C20H12F4N4O. The van der Waals surface area contributed by atoms with Crippen molar-refractivity contribution in [2.45, 2.75) is 6.18 Å². The Labute approximate surface area is 161 Å². The van der Waals surface area contributed by atoms with Gasteiger partial charge in [-0.25, -0.2) is 9.37 Å². The van der Waals surface area contributed by atoms with Gasteiger partial charge in [-0.3, -0.25) is 9.78 Å². The van der Waals surface area contributed by atoms with E-state index >= 15 is 0 Å². The first-order valence-electron chi connectivity index (χ1n) is 8.40. The summed E-state index contributed by atoms with van der Waals surface area (Å²) in [6.45, 7) is 0. The molecule has 0 radical (unpaired) electrons. The molecule has 0 aliphatic rings. The Hall–Kier alpha value is -3.75. The number of amides is 1. The number of para-hydroxylation sites is 1. The number of carbonyl (C=O) groups is 1. The van der Waals surface area contributed by atoms with Gasteiger partial charge < -0.3 is 10.3 Å². The van der Waals surface area contributed by atoms with Crippen molar-refractivity contribution in [2.75, 3.05) is 5.32 Å². The second kappa shape index (κ2) is 7.01. The van der Waals surface area contributed by atoms with E-state index in [1.807, 2.05) is 0 Å². The minimum Gasteiger partial charge on any atom is -0.338 e. The van der Waals surface area contributed by atoms with E-state index in [0.29, 0.717) is 17.3 Å². The number of rotatable bonds is 3. The van der Waals surface area contributed by atoms with Gasteiger partial charge in [-0.1, -0.05) is 6.07 Å². The van der Waals surface area contributed by atoms with E-state index in [2.05, 4.69) is 20.3 Å². The molecule has 2 heterocycles. The Morgan fingerprint density at radius 1 is 1.07 bits per heavy atom. The Balaban J connectivity index is 1.80. The molecule has 0 fully saturated rings. The molecule has 2 aromatic carbocycles. The quantitative estimate of drug-likeness (QED) is 0.474. The van der Waals surface area contributed by atoms with Gasteiger partial charge in [0.15, 0.2) is 0 Å². The summed E-state index contributed by atoms with van der Waals surface area (Å²) < 4.78 is 53.7. The maximum absolute atomic E-state index is 13.6. The van der Waals surface area contributed by atoms with E-state index in [0.717, 1.165) is 12.1 Å². The Kier molecular flexibility index (Phi) is 4.50. The minimum absolute atomic E-state index is 0.152. The van der Waals surface area contributed by atoms with Crippen LogP contribution in [0, 0.1) is 5.82 Å². The van der Waals surface area contributed by atoms with E-state index in [1.165, 1.54) is 12.3 Å². The standard InChI is InChI=1S/C20H12F4N4O/c21-11-6-7-15(20(22,23)24)14(9-11)18-27-16-5-1-4-13(17(16)28-18)19(29)26-12-3-2-8-25-10-12/h1-10H,(H,26,29)(H,27,28). The van der Waals surface area contributed by atoms with Crippen LogP contribution in [0.5, 0.6) is 0 Å². The summed E-state index contributed by atoms with van der Waals surface area (Å²) in [7, 11) is 0. The van der Waals surface area contributed by atoms with Gasteiger partial charge >= 0.3 is 6.18 Å². The van der Waals surface area contributed by atoms with Crippen LogP contribution in [0.2, 0.25) is 0 Å². The van der Waals surface area contributed by atoms with E-state index in [-0.39, 0.29) is 16.9 Å². The van der Waals surface area contributed by atoms with Gasteiger partial charge in [0.25, 0.3) is 5.91 Å². The lowest BCUT2D eigenvalue weighted by Gasteiger charge is -2.11. The molecule has 2 N–H and O–H groups in total. The lowest BCUT2D eigenvalue weighted by Crippen LogP contribution is -2.12. The van der Waals surface area contributed by atoms with Crippen LogP contribution in [0.4, 0.5) is 23.2 Å². The monoisotopic (exact) mass is 400 g/mol. The molecule has 29 heavy (non-hydrogen) atoms. The average molecular weight is 400 g/mol. The number of H-pyrrole nitrogens is 1. The van der Waals surface area contributed by atoms with Crippen LogP contribution in [0.1, 0.15) is 15.9 Å². The predicted molar refractivity (Wildman–Crippen MR) is 98.7 cm³/mol. The molecule has 1 amide bonds. The highest BCUT2D eigenvalue weighted by molar-refractivity contribution is 6.11. The largest absolute Gasteiger partial charge is 0.417 e. The molecule has 0 aliphatic carbocycles. The number of halogens is 4. The van der Waals surface area contributed by atoms with Crippen LogP contribution in [-0.2, 0) is 6.18 Å². The molecule has 0 saturated heterocycles. The maximum atomic E-state index is 13.6. The number of hydrogen-bond acceptors (Lipinski definition) is 3. The van der Waals surface area contributed by atoms with Gasteiger partial charge in [-0.2, -0.15) is 13.2 Å². The second-order valence-corrected chi connectivity index (χ2v) is 6.17. The summed E-state index contributed by atoms with van der Waals surface area (Å²) in [5.41, 5.74) is -0.349. The predicted octanol–water partition coefficient (Wildman–Crippen LogP) is 5.04. The van der Waals surface area contributed by atoms with Gasteiger partial charge in [0.1, 0.15) is 17.2 Å². The number of nitrogens with one attached hydrogen (secondary N) is 2. The highest BCUT2D eigenvalue weighted by Crippen LogP contribution is 2.37. The van der Waals surface area contributed by atoms with Crippen LogP contribution < -0.4 is 5.32 Å². The molecule has 5 nitrogen and oxygen atoms in total. The fraction of sp³-hybridized carbons (Fsp3) is 0.0500. The molecule has 146 valence electrons. The van der Waals surface area contributed by atoms with Crippen LogP contribution in [0.3, 0.4) is 0 Å². The highest BCUT2D eigenvalue weighted by Gasteiger charge is 2.34. The third-order valence-corrected chi connectivity index (χ3v) is 4.22. The number of aromatic nitrogens is 3. The van der Waals surface area contributed by atoms with Crippen molar-refractivity contribution in [3.8, 4) is 11.4 Å². The molecule has 2 aromatic heterocycles. The molecule has 0 saturated carbocycles. The van der Waals surface area contributed by atoms with Gasteiger partial charge in [-0.15, -0.1) is 0 Å². The third-order valence-electron chi connectivity index (χ3n) is 4.22. The van der Waals surface area contributed by atoms with Crippen molar-refractivity contribution in [1.82, 2.24) is 15.0 Å². The van der Waals surface area contributed by atoms with Gasteiger partial charge in [0, 0.05) is 11.8 Å². The van der Waals surface area contributed by atoms with E-state index in [4.69, 9.17) is 0 Å². The number of hydrogen-bond donors (Lipinski definition) is 2. The summed E-state index contributed by atoms with van der Waals surface area (Å²) in [5.74, 6) is -1.52. The van der Waals surface area contributed by atoms with Crippen LogP contribution in [-0.4, -0.2) is 20.9 Å². The number of alkyl halides is 3. The van der Waals surface area contributed by atoms with Gasteiger partial charge in [0.05, 0.1) is 28.5 Å². The number of anilines is 1. The zero-order valence-electron chi connectivity index (χ0n) is 14.6. The number of nitrogens with zero attached hydrogens (tertiary/aromatic N) is 2. The summed E-state index contributed by atoms with van der Waals surface area (Å²) in [6, 6.07) is 10.1. The van der Waals surface area contributed by atoms with Crippen molar-refractivity contribution in [1.29, 1.82) is 0 Å². The third kappa shape index (κ3) is 3.66. The highest BCUT2D eigenvalue weighted by atomic mass is 19.4. The number of aromatic amines is 1.